The Hall–Kier alpha value is -0.650. The van der Waals surface area contributed by atoms with Crippen molar-refractivity contribution in [2.24, 2.45) is 5.92 Å². The highest BCUT2D eigenvalue weighted by molar-refractivity contribution is 5.73. The number of amides is 1. The first-order chi connectivity index (χ1) is 6.56. The summed E-state index contributed by atoms with van der Waals surface area (Å²) >= 11 is 0. The average Bonchev–Trinajstić information content (AvgIpc) is 2.13. The molecule has 0 aromatic heterocycles. The molecule has 4 atom stereocenters. The molecule has 0 spiro atoms. The Balaban J connectivity index is 2.54. The van der Waals surface area contributed by atoms with Crippen LogP contribution in [0.2, 0.25) is 0 Å². The summed E-state index contributed by atoms with van der Waals surface area (Å²) in [4.78, 5) is 10.8. The van der Waals surface area contributed by atoms with Gasteiger partial charge in [0, 0.05) is 12.8 Å². The van der Waals surface area contributed by atoms with Crippen LogP contribution in [0.5, 0.6) is 0 Å². The quantitative estimate of drug-likeness (QED) is 0.531. The lowest BCUT2D eigenvalue weighted by atomic mass is 9.90. The fourth-order valence-electron chi connectivity index (χ4n) is 1.67. The third-order valence-electron chi connectivity index (χ3n) is 2.60. The molecule has 82 valence electrons. The number of carbonyl (C=O) groups excluding carboxylic acids is 1. The summed E-state index contributed by atoms with van der Waals surface area (Å²) in [5.41, 5.74) is 0. The van der Waals surface area contributed by atoms with Gasteiger partial charge in [0.1, 0.15) is 0 Å². The van der Waals surface area contributed by atoms with E-state index < -0.39 is 6.10 Å². The second-order valence-electron chi connectivity index (χ2n) is 3.71. The summed E-state index contributed by atoms with van der Waals surface area (Å²) in [6, 6.07) is -0.370. The van der Waals surface area contributed by atoms with Crippen molar-refractivity contribution >= 4 is 5.91 Å². The number of hydrogen-bond donors (Lipinski definition) is 3. The molecule has 0 saturated carbocycles. The van der Waals surface area contributed by atoms with Gasteiger partial charge in [-0.1, -0.05) is 6.92 Å². The third kappa shape index (κ3) is 2.43. The van der Waals surface area contributed by atoms with Gasteiger partial charge in [-0.25, -0.2) is 0 Å². The molecule has 5 nitrogen and oxygen atoms in total. The second kappa shape index (κ2) is 4.72. The lowest BCUT2D eigenvalue weighted by Gasteiger charge is -2.38. The highest BCUT2D eigenvalue weighted by atomic mass is 16.5. The monoisotopic (exact) mass is 203 g/mol. The minimum absolute atomic E-state index is 0.106. The Labute approximate surface area is 83.1 Å². The van der Waals surface area contributed by atoms with Crippen LogP contribution < -0.4 is 5.32 Å². The van der Waals surface area contributed by atoms with Gasteiger partial charge in [-0.3, -0.25) is 4.79 Å². The molecule has 5 heteroatoms. The number of aliphatic hydroxyl groups excluding tert-OH is 2. The minimum atomic E-state index is -0.662. The van der Waals surface area contributed by atoms with Gasteiger partial charge in [-0.05, 0) is 0 Å². The normalized spacial score (nSPS) is 38.0. The van der Waals surface area contributed by atoms with Crippen LogP contribution in [0.1, 0.15) is 13.8 Å². The average molecular weight is 203 g/mol. The van der Waals surface area contributed by atoms with E-state index in [0.717, 1.165) is 0 Å². The molecule has 1 fully saturated rings. The molecule has 0 aromatic rings. The summed E-state index contributed by atoms with van der Waals surface area (Å²) in [5, 5.41) is 21.3. The molecule has 1 saturated heterocycles. The van der Waals surface area contributed by atoms with Gasteiger partial charge in [0.05, 0.1) is 31.5 Å². The first-order valence-electron chi connectivity index (χ1n) is 4.74. The second-order valence-corrected chi connectivity index (χ2v) is 3.71. The van der Waals surface area contributed by atoms with E-state index in [1.54, 1.807) is 6.92 Å². The maximum Gasteiger partial charge on any atom is 0.217 e. The molecule has 1 amide bonds. The van der Waals surface area contributed by atoms with Crippen molar-refractivity contribution < 1.29 is 19.7 Å². The van der Waals surface area contributed by atoms with E-state index in [1.165, 1.54) is 6.92 Å². The van der Waals surface area contributed by atoms with E-state index in [9.17, 15) is 9.90 Å². The number of rotatable bonds is 2. The Morgan fingerprint density at radius 1 is 1.64 bits per heavy atom. The van der Waals surface area contributed by atoms with Crippen molar-refractivity contribution in [3.05, 3.63) is 0 Å². The topological polar surface area (TPSA) is 78.8 Å². The molecule has 4 unspecified atom stereocenters. The zero-order valence-corrected chi connectivity index (χ0v) is 8.43. The molecular weight excluding hydrogens is 186 g/mol. The van der Waals surface area contributed by atoms with Crippen molar-refractivity contribution in [3.8, 4) is 0 Å². The van der Waals surface area contributed by atoms with Crippen LogP contribution in [0.4, 0.5) is 0 Å². The Morgan fingerprint density at radius 3 is 2.79 bits per heavy atom. The summed E-state index contributed by atoms with van der Waals surface area (Å²) in [5.74, 6) is -0.363. The largest absolute Gasteiger partial charge is 0.394 e. The van der Waals surface area contributed by atoms with E-state index in [0.29, 0.717) is 0 Å². The van der Waals surface area contributed by atoms with E-state index in [4.69, 9.17) is 9.84 Å². The maximum atomic E-state index is 10.8. The van der Waals surface area contributed by atoms with Crippen LogP contribution in [0.25, 0.3) is 0 Å². The van der Waals surface area contributed by atoms with Gasteiger partial charge in [0.15, 0.2) is 0 Å². The first-order valence-corrected chi connectivity index (χ1v) is 4.74. The molecule has 1 heterocycles. The molecule has 0 aromatic carbocycles. The van der Waals surface area contributed by atoms with Crippen LogP contribution in [0.3, 0.4) is 0 Å². The fourth-order valence-corrected chi connectivity index (χ4v) is 1.67. The highest BCUT2D eigenvalue weighted by Gasteiger charge is 2.36. The molecule has 0 bridgehead atoms. The van der Waals surface area contributed by atoms with Gasteiger partial charge in [-0.2, -0.15) is 0 Å². The van der Waals surface area contributed by atoms with E-state index >= 15 is 0 Å². The van der Waals surface area contributed by atoms with Crippen LogP contribution >= 0.6 is 0 Å². The summed E-state index contributed by atoms with van der Waals surface area (Å²) in [6.07, 6.45) is -1.00. The van der Waals surface area contributed by atoms with Crippen molar-refractivity contribution in [2.75, 3.05) is 13.2 Å². The van der Waals surface area contributed by atoms with Crippen molar-refractivity contribution in [2.45, 2.75) is 32.1 Å². The minimum Gasteiger partial charge on any atom is -0.394 e. The van der Waals surface area contributed by atoms with Gasteiger partial charge < -0.3 is 20.3 Å². The molecule has 1 aliphatic heterocycles. The molecule has 14 heavy (non-hydrogen) atoms. The maximum absolute atomic E-state index is 10.8. The van der Waals surface area contributed by atoms with Crippen LogP contribution in [0, 0.1) is 5.92 Å². The van der Waals surface area contributed by atoms with Crippen LogP contribution in [-0.4, -0.2) is 47.6 Å². The number of carbonyl (C=O) groups is 1. The molecule has 0 radical (unpaired) electrons. The lowest BCUT2D eigenvalue weighted by Crippen LogP contribution is -2.56. The van der Waals surface area contributed by atoms with E-state index in [-0.39, 0.29) is 37.2 Å². The van der Waals surface area contributed by atoms with Gasteiger partial charge >= 0.3 is 0 Å². The van der Waals surface area contributed by atoms with E-state index in [2.05, 4.69) is 5.32 Å². The van der Waals surface area contributed by atoms with Crippen LogP contribution in [0.15, 0.2) is 0 Å². The lowest BCUT2D eigenvalue weighted by molar-refractivity contribution is -0.135. The standard InChI is InChI=1S/C9H17NO4/c1-5-8(3-11)14-4-7(9(5)13)10-6(2)12/h5,7-9,11,13H,3-4H2,1-2H3,(H,10,12). The fraction of sp³-hybridized carbons (Fsp3) is 0.889. The molecule has 0 aliphatic carbocycles. The first kappa shape index (κ1) is 11.4. The predicted molar refractivity (Wildman–Crippen MR) is 49.6 cm³/mol. The molecule has 3 N–H and O–H groups in total. The number of nitrogens with one attached hydrogen (secondary N) is 1. The molecule has 1 rings (SSSR count). The smallest absolute Gasteiger partial charge is 0.217 e. The SMILES string of the molecule is CC(=O)NC1COC(CO)C(C)C1O. The zero-order valence-electron chi connectivity index (χ0n) is 8.43. The number of aliphatic hydroxyl groups is 2. The molecular formula is C9H17NO4. The van der Waals surface area contributed by atoms with E-state index in [1.807, 2.05) is 0 Å². The Morgan fingerprint density at radius 2 is 2.29 bits per heavy atom. The Kier molecular flexibility index (Phi) is 3.86. The van der Waals surface area contributed by atoms with Crippen molar-refractivity contribution in [1.29, 1.82) is 0 Å². The van der Waals surface area contributed by atoms with Crippen molar-refractivity contribution in [3.63, 3.8) is 0 Å². The van der Waals surface area contributed by atoms with Crippen LogP contribution in [-0.2, 0) is 9.53 Å². The van der Waals surface area contributed by atoms with Gasteiger partial charge in [0.2, 0.25) is 5.91 Å². The highest BCUT2D eigenvalue weighted by Crippen LogP contribution is 2.20. The van der Waals surface area contributed by atoms with Crippen molar-refractivity contribution in [1.82, 2.24) is 5.32 Å². The third-order valence-corrected chi connectivity index (χ3v) is 2.60. The number of hydrogen-bond acceptors (Lipinski definition) is 4. The zero-order chi connectivity index (χ0) is 10.7. The predicted octanol–water partition coefficient (Wildman–Crippen LogP) is -1.12. The Bertz CT molecular complexity index is 209. The summed E-state index contributed by atoms with van der Waals surface area (Å²) in [7, 11) is 0. The summed E-state index contributed by atoms with van der Waals surface area (Å²) < 4.78 is 5.30. The summed E-state index contributed by atoms with van der Waals surface area (Å²) in [6.45, 7) is 3.33. The number of ether oxygens (including phenoxy) is 1. The van der Waals surface area contributed by atoms with Gasteiger partial charge in [0.25, 0.3) is 0 Å². The van der Waals surface area contributed by atoms with Gasteiger partial charge in [-0.15, -0.1) is 0 Å². The molecule has 1 aliphatic rings.